The Hall–Kier alpha value is -1.94. The van der Waals surface area contributed by atoms with Crippen molar-refractivity contribution < 1.29 is 21.6 Å². The SMILES string of the molecule is CCOc1ccccc1S(=O)(=O)NCCC1CCCCN1S(=O)(=O)c1ccc(C)cc1. The monoisotopic (exact) mass is 466 g/mol. The van der Waals surface area contributed by atoms with E-state index in [4.69, 9.17) is 4.74 Å². The van der Waals surface area contributed by atoms with E-state index in [9.17, 15) is 16.8 Å². The van der Waals surface area contributed by atoms with E-state index in [1.807, 2.05) is 6.92 Å². The molecule has 1 atom stereocenters. The molecule has 1 heterocycles. The molecule has 1 fully saturated rings. The zero-order valence-corrected chi connectivity index (χ0v) is 19.6. The molecule has 0 amide bonds. The van der Waals surface area contributed by atoms with Gasteiger partial charge in [-0.15, -0.1) is 0 Å². The fourth-order valence-electron chi connectivity index (χ4n) is 3.81. The van der Waals surface area contributed by atoms with E-state index in [1.54, 1.807) is 49.4 Å². The van der Waals surface area contributed by atoms with Crippen molar-refractivity contribution in [2.24, 2.45) is 0 Å². The Bertz CT molecular complexity index is 1080. The minimum Gasteiger partial charge on any atom is -0.492 e. The van der Waals surface area contributed by atoms with E-state index in [-0.39, 0.29) is 22.4 Å². The number of hydrogen-bond acceptors (Lipinski definition) is 5. The standard InChI is InChI=1S/C22H30N2O5S2/c1-3-29-21-9-4-5-10-22(21)30(25,26)23-16-15-19-8-6-7-17-24(19)31(27,28)20-13-11-18(2)12-14-20/h4-5,9-14,19,23H,3,6-8,15-17H2,1-2H3. The summed E-state index contributed by atoms with van der Waals surface area (Å²) in [5.41, 5.74) is 0.996. The average Bonchev–Trinajstić information content (AvgIpc) is 2.75. The molecule has 31 heavy (non-hydrogen) atoms. The normalized spacial score (nSPS) is 18.1. The zero-order valence-electron chi connectivity index (χ0n) is 18.0. The van der Waals surface area contributed by atoms with Gasteiger partial charge in [-0.25, -0.2) is 21.6 Å². The first kappa shape index (κ1) is 23.7. The Balaban J connectivity index is 1.71. The Kier molecular flexibility index (Phi) is 7.74. The van der Waals surface area contributed by atoms with E-state index in [0.717, 1.165) is 18.4 Å². The highest BCUT2D eigenvalue weighted by molar-refractivity contribution is 7.89. The number of nitrogens with one attached hydrogen (secondary N) is 1. The van der Waals surface area contributed by atoms with E-state index >= 15 is 0 Å². The zero-order chi connectivity index (χ0) is 22.5. The molecule has 3 rings (SSSR count). The van der Waals surface area contributed by atoms with Crippen LogP contribution in [0.4, 0.5) is 0 Å². The number of ether oxygens (including phenoxy) is 1. The average molecular weight is 467 g/mol. The summed E-state index contributed by atoms with van der Waals surface area (Å²) in [6, 6.07) is 13.1. The second kappa shape index (κ2) is 10.1. The van der Waals surface area contributed by atoms with Gasteiger partial charge in [0.1, 0.15) is 10.6 Å². The third-order valence-corrected chi connectivity index (χ3v) is 8.88. The molecule has 0 spiro atoms. The molecule has 0 aliphatic carbocycles. The molecule has 1 saturated heterocycles. The molecule has 1 aliphatic heterocycles. The van der Waals surface area contributed by atoms with E-state index in [2.05, 4.69) is 4.72 Å². The molecule has 7 nitrogen and oxygen atoms in total. The highest BCUT2D eigenvalue weighted by atomic mass is 32.2. The summed E-state index contributed by atoms with van der Waals surface area (Å²) in [4.78, 5) is 0.362. The highest BCUT2D eigenvalue weighted by Crippen LogP contribution is 2.28. The summed E-state index contributed by atoms with van der Waals surface area (Å²) in [6.07, 6.45) is 2.84. The van der Waals surface area contributed by atoms with Crippen molar-refractivity contribution in [2.75, 3.05) is 19.7 Å². The van der Waals surface area contributed by atoms with Gasteiger partial charge in [-0.3, -0.25) is 0 Å². The molecule has 0 aromatic heterocycles. The molecule has 2 aromatic carbocycles. The maximum absolute atomic E-state index is 13.2. The summed E-state index contributed by atoms with van der Waals surface area (Å²) in [7, 11) is -7.39. The van der Waals surface area contributed by atoms with Gasteiger partial charge in [0.2, 0.25) is 20.0 Å². The van der Waals surface area contributed by atoms with Gasteiger partial charge in [0.25, 0.3) is 0 Å². The van der Waals surface area contributed by atoms with Crippen LogP contribution in [-0.4, -0.2) is 46.9 Å². The number of nitrogens with zero attached hydrogens (tertiary/aromatic N) is 1. The van der Waals surface area contributed by atoms with Crippen molar-refractivity contribution in [3.63, 3.8) is 0 Å². The predicted molar refractivity (Wildman–Crippen MR) is 120 cm³/mol. The van der Waals surface area contributed by atoms with Crippen LogP contribution in [0.15, 0.2) is 58.3 Å². The van der Waals surface area contributed by atoms with E-state index < -0.39 is 20.0 Å². The summed E-state index contributed by atoms with van der Waals surface area (Å²) in [5.74, 6) is 0.304. The molecule has 0 bridgehead atoms. The second-order valence-electron chi connectivity index (χ2n) is 7.64. The van der Waals surface area contributed by atoms with Crippen LogP contribution in [0.2, 0.25) is 0 Å². The molecule has 170 valence electrons. The molecule has 0 saturated carbocycles. The Morgan fingerprint density at radius 3 is 2.45 bits per heavy atom. The fourth-order valence-corrected chi connectivity index (χ4v) is 6.72. The quantitative estimate of drug-likeness (QED) is 0.612. The van der Waals surface area contributed by atoms with Crippen molar-refractivity contribution in [3.8, 4) is 5.75 Å². The molecule has 9 heteroatoms. The summed E-state index contributed by atoms with van der Waals surface area (Å²) in [5, 5.41) is 0. The number of para-hydroxylation sites is 1. The van der Waals surface area contributed by atoms with Crippen molar-refractivity contribution in [1.29, 1.82) is 0 Å². The van der Waals surface area contributed by atoms with Crippen LogP contribution in [0.25, 0.3) is 0 Å². The smallest absolute Gasteiger partial charge is 0.244 e. The minimum absolute atomic E-state index is 0.0876. The number of benzene rings is 2. The summed E-state index contributed by atoms with van der Waals surface area (Å²) in [6.45, 7) is 4.66. The first-order valence-electron chi connectivity index (χ1n) is 10.6. The van der Waals surface area contributed by atoms with Gasteiger partial charge in [0, 0.05) is 19.1 Å². The molecule has 2 aromatic rings. The second-order valence-corrected chi connectivity index (χ2v) is 11.3. The van der Waals surface area contributed by atoms with Gasteiger partial charge in [-0.05, 0) is 57.4 Å². The number of aryl methyl sites for hydroxylation is 1. The van der Waals surface area contributed by atoms with Crippen molar-refractivity contribution >= 4 is 20.0 Å². The highest BCUT2D eigenvalue weighted by Gasteiger charge is 2.33. The lowest BCUT2D eigenvalue weighted by molar-refractivity contribution is 0.242. The van der Waals surface area contributed by atoms with Gasteiger partial charge in [-0.1, -0.05) is 36.2 Å². The van der Waals surface area contributed by atoms with Crippen LogP contribution in [0, 0.1) is 6.92 Å². The Morgan fingerprint density at radius 2 is 1.74 bits per heavy atom. The Labute approximate surface area is 185 Å². The lowest BCUT2D eigenvalue weighted by Crippen LogP contribution is -2.45. The van der Waals surface area contributed by atoms with Gasteiger partial charge < -0.3 is 4.74 Å². The third-order valence-electron chi connectivity index (χ3n) is 5.41. The summed E-state index contributed by atoms with van der Waals surface area (Å²) < 4.78 is 61.5. The molecule has 1 unspecified atom stereocenters. The maximum Gasteiger partial charge on any atom is 0.244 e. The number of rotatable bonds is 9. The molecule has 1 aliphatic rings. The van der Waals surface area contributed by atoms with Crippen molar-refractivity contribution in [1.82, 2.24) is 9.03 Å². The minimum atomic E-state index is -3.77. The van der Waals surface area contributed by atoms with Crippen LogP contribution in [-0.2, 0) is 20.0 Å². The number of piperidine rings is 1. The van der Waals surface area contributed by atoms with Crippen LogP contribution in [0.3, 0.4) is 0 Å². The summed E-state index contributed by atoms with van der Waals surface area (Å²) >= 11 is 0. The molecule has 1 N–H and O–H groups in total. The van der Waals surface area contributed by atoms with Crippen LogP contribution < -0.4 is 9.46 Å². The first-order valence-corrected chi connectivity index (χ1v) is 13.5. The topological polar surface area (TPSA) is 92.8 Å². The van der Waals surface area contributed by atoms with Crippen molar-refractivity contribution in [3.05, 3.63) is 54.1 Å². The largest absolute Gasteiger partial charge is 0.492 e. The first-order chi connectivity index (χ1) is 14.8. The van der Waals surface area contributed by atoms with Gasteiger partial charge >= 0.3 is 0 Å². The van der Waals surface area contributed by atoms with Crippen LogP contribution >= 0.6 is 0 Å². The maximum atomic E-state index is 13.2. The molecular formula is C22H30N2O5S2. The lowest BCUT2D eigenvalue weighted by Gasteiger charge is -2.34. The third kappa shape index (κ3) is 5.65. The van der Waals surface area contributed by atoms with E-state index in [0.29, 0.717) is 31.7 Å². The lowest BCUT2D eigenvalue weighted by atomic mass is 10.0. The predicted octanol–water partition coefficient (Wildman–Crippen LogP) is 3.31. The van der Waals surface area contributed by atoms with Crippen LogP contribution in [0.5, 0.6) is 5.75 Å². The van der Waals surface area contributed by atoms with Crippen molar-refractivity contribution in [2.45, 2.75) is 55.4 Å². The van der Waals surface area contributed by atoms with Gasteiger partial charge in [0.15, 0.2) is 0 Å². The fraction of sp³-hybridized carbons (Fsp3) is 0.455. The van der Waals surface area contributed by atoms with Gasteiger partial charge in [0.05, 0.1) is 11.5 Å². The number of hydrogen-bond donors (Lipinski definition) is 1. The van der Waals surface area contributed by atoms with Gasteiger partial charge in [-0.2, -0.15) is 4.31 Å². The Morgan fingerprint density at radius 1 is 1.03 bits per heavy atom. The molecule has 0 radical (unpaired) electrons. The van der Waals surface area contributed by atoms with Crippen LogP contribution in [0.1, 0.15) is 38.2 Å². The van der Waals surface area contributed by atoms with E-state index in [1.165, 1.54) is 10.4 Å². The molecular weight excluding hydrogens is 436 g/mol. The number of sulfonamides is 2.